The van der Waals surface area contributed by atoms with Crippen LogP contribution in [0.3, 0.4) is 0 Å². The Kier molecular flexibility index (Phi) is 2.30. The molecule has 0 fully saturated rings. The molecule has 4 heteroatoms. The molecule has 4 N–H and O–H groups in total. The molecule has 0 atom stereocenters. The molecule has 2 heterocycles. The molecule has 0 aliphatic heterocycles. The van der Waals surface area contributed by atoms with Crippen molar-refractivity contribution in [3.8, 4) is 17.1 Å². The van der Waals surface area contributed by atoms with Crippen LogP contribution in [0.4, 0.5) is 5.69 Å². The molecule has 92 valence electrons. The lowest BCUT2D eigenvalue weighted by molar-refractivity contribution is 0.417. The van der Waals surface area contributed by atoms with Crippen LogP contribution in [0.5, 0.6) is 5.75 Å². The molecule has 0 saturated heterocycles. The van der Waals surface area contributed by atoms with Gasteiger partial charge in [-0.15, -0.1) is 0 Å². The van der Waals surface area contributed by atoms with Crippen molar-refractivity contribution in [3.05, 3.63) is 36.0 Å². The summed E-state index contributed by atoms with van der Waals surface area (Å²) in [6.45, 7) is 2.08. The monoisotopic (exact) mass is 241 g/mol. The van der Waals surface area contributed by atoms with Crippen LogP contribution in [0.2, 0.25) is 0 Å². The molecule has 0 radical (unpaired) electrons. The van der Waals surface area contributed by atoms with Crippen molar-refractivity contribution in [1.82, 2.24) is 9.97 Å². The average Bonchev–Trinajstić information content (AvgIpc) is 2.93. The highest BCUT2D eigenvalue weighted by molar-refractivity contribution is 5.90. The fourth-order valence-corrected chi connectivity index (χ4v) is 2.23. The zero-order valence-electron chi connectivity index (χ0n) is 10.4. The van der Waals surface area contributed by atoms with Gasteiger partial charge in [0.1, 0.15) is 5.75 Å². The molecule has 0 aliphatic carbocycles. The standard InChI is InChI=1S/C14H15N3O/c1-8-3-4-16-14(8)12-6-9-5-10(15)13(18-2)7-11(9)17-12/h3-7,16-17H,15H2,1-2H3. The second-order valence-electron chi connectivity index (χ2n) is 4.40. The second-order valence-corrected chi connectivity index (χ2v) is 4.40. The van der Waals surface area contributed by atoms with Gasteiger partial charge in [0.15, 0.2) is 0 Å². The number of nitrogens with two attached hydrogens (primary N) is 1. The topological polar surface area (TPSA) is 66.8 Å². The molecule has 0 amide bonds. The third-order valence-electron chi connectivity index (χ3n) is 3.20. The fraction of sp³-hybridized carbons (Fsp3) is 0.143. The molecule has 0 aliphatic rings. The van der Waals surface area contributed by atoms with E-state index >= 15 is 0 Å². The first-order valence-electron chi connectivity index (χ1n) is 5.79. The van der Waals surface area contributed by atoms with Gasteiger partial charge in [-0.1, -0.05) is 0 Å². The molecule has 2 aromatic heterocycles. The number of methoxy groups -OCH3 is 1. The fourth-order valence-electron chi connectivity index (χ4n) is 2.23. The Balaban J connectivity index is 2.20. The smallest absolute Gasteiger partial charge is 0.143 e. The van der Waals surface area contributed by atoms with Crippen molar-refractivity contribution in [2.75, 3.05) is 12.8 Å². The van der Waals surface area contributed by atoms with Crippen LogP contribution < -0.4 is 10.5 Å². The summed E-state index contributed by atoms with van der Waals surface area (Å²) in [5.41, 5.74) is 10.9. The summed E-state index contributed by atoms with van der Waals surface area (Å²) >= 11 is 0. The Labute approximate surface area is 105 Å². The number of nitrogens with one attached hydrogen (secondary N) is 2. The van der Waals surface area contributed by atoms with Crippen LogP contribution in [0.25, 0.3) is 22.3 Å². The number of aryl methyl sites for hydroxylation is 1. The summed E-state index contributed by atoms with van der Waals surface area (Å²) in [5, 5.41) is 1.08. The van der Waals surface area contributed by atoms with E-state index in [4.69, 9.17) is 10.5 Å². The van der Waals surface area contributed by atoms with Gasteiger partial charge < -0.3 is 20.4 Å². The Morgan fingerprint density at radius 2 is 2.06 bits per heavy atom. The molecular formula is C14H15N3O. The maximum absolute atomic E-state index is 5.91. The van der Waals surface area contributed by atoms with E-state index in [-0.39, 0.29) is 0 Å². The van der Waals surface area contributed by atoms with E-state index in [9.17, 15) is 0 Å². The first-order chi connectivity index (χ1) is 8.69. The lowest BCUT2D eigenvalue weighted by Gasteiger charge is -2.03. The number of hydrogen-bond donors (Lipinski definition) is 3. The molecular weight excluding hydrogens is 226 g/mol. The summed E-state index contributed by atoms with van der Waals surface area (Å²) in [4.78, 5) is 6.61. The van der Waals surface area contributed by atoms with E-state index in [2.05, 4.69) is 29.0 Å². The molecule has 3 rings (SSSR count). The first-order valence-corrected chi connectivity index (χ1v) is 5.79. The quantitative estimate of drug-likeness (QED) is 0.603. The number of anilines is 1. The molecule has 1 aromatic carbocycles. The Morgan fingerprint density at radius 1 is 1.22 bits per heavy atom. The van der Waals surface area contributed by atoms with Crippen molar-refractivity contribution in [1.29, 1.82) is 0 Å². The van der Waals surface area contributed by atoms with Gasteiger partial charge in [-0.05, 0) is 30.7 Å². The van der Waals surface area contributed by atoms with Crippen LogP contribution in [0.15, 0.2) is 30.5 Å². The van der Waals surface area contributed by atoms with Crippen molar-refractivity contribution < 1.29 is 4.74 Å². The Morgan fingerprint density at radius 3 is 2.72 bits per heavy atom. The molecule has 0 unspecified atom stereocenters. The number of aromatic nitrogens is 2. The van der Waals surface area contributed by atoms with Gasteiger partial charge in [-0.2, -0.15) is 0 Å². The molecule has 0 bridgehead atoms. The van der Waals surface area contributed by atoms with Crippen LogP contribution >= 0.6 is 0 Å². The highest BCUT2D eigenvalue weighted by Gasteiger charge is 2.09. The van der Waals surface area contributed by atoms with Crippen molar-refractivity contribution in [3.63, 3.8) is 0 Å². The predicted octanol–water partition coefficient (Wildman–Crippen LogP) is 3.06. The van der Waals surface area contributed by atoms with E-state index < -0.39 is 0 Å². The van der Waals surface area contributed by atoms with Gasteiger partial charge in [-0.25, -0.2) is 0 Å². The summed E-state index contributed by atoms with van der Waals surface area (Å²) in [6.07, 6.45) is 1.94. The normalized spacial score (nSPS) is 11.0. The minimum absolute atomic E-state index is 0.652. The highest BCUT2D eigenvalue weighted by Crippen LogP contribution is 2.31. The van der Waals surface area contributed by atoms with Crippen LogP contribution in [0, 0.1) is 6.92 Å². The number of nitrogen functional groups attached to an aromatic ring is 1. The predicted molar refractivity (Wildman–Crippen MR) is 73.8 cm³/mol. The van der Waals surface area contributed by atoms with Gasteiger partial charge in [0.25, 0.3) is 0 Å². The van der Waals surface area contributed by atoms with E-state index in [1.54, 1.807) is 7.11 Å². The summed E-state index contributed by atoms with van der Waals surface area (Å²) in [6, 6.07) is 7.98. The average molecular weight is 241 g/mol. The molecule has 18 heavy (non-hydrogen) atoms. The first kappa shape index (κ1) is 10.8. The number of benzene rings is 1. The lowest BCUT2D eigenvalue weighted by Crippen LogP contribution is -1.91. The minimum Gasteiger partial charge on any atom is -0.495 e. The minimum atomic E-state index is 0.652. The van der Waals surface area contributed by atoms with E-state index in [0.717, 1.165) is 22.3 Å². The molecule has 0 spiro atoms. The second kappa shape index (κ2) is 3.84. The van der Waals surface area contributed by atoms with E-state index in [1.807, 2.05) is 18.3 Å². The number of fused-ring (bicyclic) bond motifs is 1. The molecule has 0 saturated carbocycles. The largest absolute Gasteiger partial charge is 0.495 e. The van der Waals surface area contributed by atoms with Crippen molar-refractivity contribution in [2.45, 2.75) is 6.92 Å². The van der Waals surface area contributed by atoms with Gasteiger partial charge in [0.2, 0.25) is 0 Å². The number of aromatic amines is 2. The number of ether oxygens (including phenoxy) is 1. The zero-order valence-corrected chi connectivity index (χ0v) is 10.4. The van der Waals surface area contributed by atoms with E-state index in [1.165, 1.54) is 5.56 Å². The Hall–Kier alpha value is -2.36. The summed E-state index contributed by atoms with van der Waals surface area (Å²) in [7, 11) is 1.62. The number of H-pyrrole nitrogens is 2. The highest BCUT2D eigenvalue weighted by atomic mass is 16.5. The maximum atomic E-state index is 5.91. The zero-order chi connectivity index (χ0) is 12.7. The SMILES string of the molecule is COc1cc2[nH]c(-c3[nH]ccc3C)cc2cc1N. The lowest BCUT2D eigenvalue weighted by atomic mass is 10.2. The van der Waals surface area contributed by atoms with Crippen molar-refractivity contribution in [2.24, 2.45) is 0 Å². The van der Waals surface area contributed by atoms with Crippen LogP contribution in [-0.2, 0) is 0 Å². The summed E-state index contributed by atoms with van der Waals surface area (Å²) < 4.78 is 5.22. The van der Waals surface area contributed by atoms with Crippen molar-refractivity contribution >= 4 is 16.6 Å². The number of hydrogen-bond acceptors (Lipinski definition) is 2. The maximum Gasteiger partial charge on any atom is 0.143 e. The molecule has 4 nitrogen and oxygen atoms in total. The molecule has 3 aromatic rings. The van der Waals surface area contributed by atoms with Gasteiger partial charge >= 0.3 is 0 Å². The summed E-state index contributed by atoms with van der Waals surface area (Å²) in [5.74, 6) is 0.694. The van der Waals surface area contributed by atoms with Gasteiger partial charge in [-0.3, -0.25) is 0 Å². The van der Waals surface area contributed by atoms with Crippen LogP contribution in [-0.4, -0.2) is 17.1 Å². The number of rotatable bonds is 2. The Bertz CT molecular complexity index is 709. The third-order valence-corrected chi connectivity index (χ3v) is 3.20. The van der Waals surface area contributed by atoms with Gasteiger partial charge in [0.05, 0.1) is 24.2 Å². The van der Waals surface area contributed by atoms with Crippen LogP contribution in [0.1, 0.15) is 5.56 Å². The van der Waals surface area contributed by atoms with E-state index in [0.29, 0.717) is 11.4 Å². The third kappa shape index (κ3) is 1.54. The van der Waals surface area contributed by atoms with Gasteiger partial charge in [0, 0.05) is 23.2 Å².